The fourth-order valence-corrected chi connectivity index (χ4v) is 3.60. The van der Waals surface area contributed by atoms with Crippen LogP contribution in [0.2, 0.25) is 0 Å². The maximum Gasteiger partial charge on any atom is 0.255 e. The summed E-state index contributed by atoms with van der Waals surface area (Å²) in [5, 5.41) is 2.83. The molecule has 1 N–H and O–H groups in total. The topological polar surface area (TPSA) is 49.4 Å². The molecule has 2 amide bonds. The van der Waals surface area contributed by atoms with Crippen molar-refractivity contribution in [3.63, 3.8) is 0 Å². The van der Waals surface area contributed by atoms with Crippen molar-refractivity contribution in [2.45, 2.75) is 25.7 Å². The zero-order valence-corrected chi connectivity index (χ0v) is 13.3. The number of anilines is 2. The molecule has 24 heavy (non-hydrogen) atoms. The van der Waals surface area contributed by atoms with Crippen LogP contribution in [0.5, 0.6) is 0 Å². The average Bonchev–Trinajstić information content (AvgIpc) is 2.82. The highest BCUT2D eigenvalue weighted by Gasteiger charge is 2.37. The van der Waals surface area contributed by atoms with E-state index < -0.39 is 5.82 Å². The van der Waals surface area contributed by atoms with Crippen molar-refractivity contribution in [1.82, 2.24) is 0 Å². The molecule has 0 spiro atoms. The van der Waals surface area contributed by atoms with Crippen LogP contribution >= 0.6 is 0 Å². The highest BCUT2D eigenvalue weighted by Crippen LogP contribution is 2.44. The number of benzene rings is 2. The van der Waals surface area contributed by atoms with Crippen LogP contribution in [0.3, 0.4) is 0 Å². The minimum absolute atomic E-state index is 0.125. The summed E-state index contributed by atoms with van der Waals surface area (Å²) in [5.74, 6) is -0.865. The molecule has 1 atom stereocenters. The van der Waals surface area contributed by atoms with Crippen LogP contribution in [0.15, 0.2) is 36.4 Å². The van der Waals surface area contributed by atoms with Crippen molar-refractivity contribution in [3.05, 3.63) is 58.9 Å². The number of nitrogens with zero attached hydrogens (tertiary/aromatic N) is 1. The minimum Gasteiger partial charge on any atom is -0.322 e. The molecule has 0 bridgehead atoms. The number of rotatable bonds is 2. The molecule has 4 nitrogen and oxygen atoms in total. The van der Waals surface area contributed by atoms with E-state index in [1.807, 2.05) is 24.0 Å². The van der Waals surface area contributed by atoms with Gasteiger partial charge in [-0.2, -0.15) is 0 Å². The Morgan fingerprint density at radius 3 is 2.92 bits per heavy atom. The highest BCUT2D eigenvalue weighted by atomic mass is 19.1. The molecule has 2 aromatic carbocycles. The van der Waals surface area contributed by atoms with Gasteiger partial charge >= 0.3 is 0 Å². The summed E-state index contributed by atoms with van der Waals surface area (Å²) < 4.78 is 13.3. The van der Waals surface area contributed by atoms with Gasteiger partial charge in [-0.05, 0) is 61.2 Å². The van der Waals surface area contributed by atoms with Crippen LogP contribution < -0.4 is 10.2 Å². The molecule has 2 aliphatic rings. The van der Waals surface area contributed by atoms with Gasteiger partial charge in [-0.1, -0.05) is 6.07 Å². The molecule has 0 aliphatic carbocycles. The van der Waals surface area contributed by atoms with Gasteiger partial charge in [0.05, 0.1) is 11.6 Å². The normalized spacial score (nSPS) is 18.5. The lowest BCUT2D eigenvalue weighted by Crippen LogP contribution is -2.32. The smallest absolute Gasteiger partial charge is 0.255 e. The second kappa shape index (κ2) is 5.44. The number of halogens is 1. The Hall–Kier alpha value is -2.69. The highest BCUT2D eigenvalue weighted by molar-refractivity contribution is 6.08. The van der Waals surface area contributed by atoms with Crippen molar-refractivity contribution < 1.29 is 14.0 Å². The van der Waals surface area contributed by atoms with E-state index in [0.717, 1.165) is 36.2 Å². The Labute approximate surface area is 139 Å². The number of hydrogen-bond donors (Lipinski definition) is 1. The Morgan fingerprint density at radius 1 is 1.29 bits per heavy atom. The van der Waals surface area contributed by atoms with Gasteiger partial charge in [0.15, 0.2) is 0 Å². The summed E-state index contributed by atoms with van der Waals surface area (Å²) in [4.78, 5) is 26.6. The first-order chi connectivity index (χ1) is 11.5. The van der Waals surface area contributed by atoms with Crippen LogP contribution in [0.4, 0.5) is 15.8 Å². The lowest BCUT2D eigenvalue weighted by Gasteiger charge is -2.26. The molecular formula is C19H17FN2O2. The van der Waals surface area contributed by atoms with E-state index in [9.17, 15) is 14.0 Å². The summed E-state index contributed by atoms with van der Waals surface area (Å²) in [6.45, 7) is 2.66. The summed E-state index contributed by atoms with van der Waals surface area (Å²) >= 11 is 0. The standard InChI is InChI=1S/C19H17FN2O2/c1-11-16-10-15(21-18(23)13-4-2-6-14(20)8-13)9-12-5-3-7-22(17(12)16)19(11)24/h2,4,6,8-11H,3,5,7H2,1H3,(H,21,23)/t11-/m0/s1. The Balaban J connectivity index is 1.69. The molecule has 2 aliphatic heterocycles. The predicted molar refractivity (Wildman–Crippen MR) is 89.9 cm³/mol. The van der Waals surface area contributed by atoms with Gasteiger partial charge in [-0.15, -0.1) is 0 Å². The van der Waals surface area contributed by atoms with E-state index in [4.69, 9.17) is 0 Å². The molecule has 0 unspecified atom stereocenters. The molecule has 2 aromatic rings. The monoisotopic (exact) mass is 324 g/mol. The third-order valence-corrected chi connectivity index (χ3v) is 4.76. The van der Waals surface area contributed by atoms with Crippen LogP contribution in [0, 0.1) is 5.82 Å². The third-order valence-electron chi connectivity index (χ3n) is 4.76. The fourth-order valence-electron chi connectivity index (χ4n) is 3.60. The van der Waals surface area contributed by atoms with Gasteiger partial charge in [0.25, 0.3) is 5.91 Å². The van der Waals surface area contributed by atoms with Gasteiger partial charge in [-0.25, -0.2) is 4.39 Å². The first kappa shape index (κ1) is 14.9. The predicted octanol–water partition coefficient (Wildman–Crippen LogP) is 3.47. The van der Waals surface area contributed by atoms with E-state index in [1.54, 1.807) is 6.07 Å². The average molecular weight is 324 g/mol. The van der Waals surface area contributed by atoms with E-state index in [2.05, 4.69) is 5.32 Å². The Kier molecular flexibility index (Phi) is 3.37. The molecule has 0 fully saturated rings. The second-order valence-corrected chi connectivity index (χ2v) is 6.35. The van der Waals surface area contributed by atoms with Gasteiger partial charge in [-0.3, -0.25) is 9.59 Å². The maximum absolute atomic E-state index is 13.3. The van der Waals surface area contributed by atoms with Crippen molar-refractivity contribution >= 4 is 23.2 Å². The minimum atomic E-state index is -0.443. The van der Waals surface area contributed by atoms with Gasteiger partial charge in [0, 0.05) is 17.8 Å². The van der Waals surface area contributed by atoms with E-state index in [0.29, 0.717) is 5.69 Å². The lowest BCUT2D eigenvalue weighted by atomic mass is 9.96. The van der Waals surface area contributed by atoms with Gasteiger partial charge in [0.2, 0.25) is 5.91 Å². The summed E-state index contributed by atoms with van der Waals surface area (Å²) in [5.41, 5.74) is 4.00. The summed E-state index contributed by atoms with van der Waals surface area (Å²) in [6, 6.07) is 9.38. The molecule has 0 saturated heterocycles. The molecule has 4 rings (SSSR count). The first-order valence-electron chi connectivity index (χ1n) is 8.09. The van der Waals surface area contributed by atoms with Crippen LogP contribution in [-0.4, -0.2) is 18.4 Å². The number of nitrogens with one attached hydrogen (secondary N) is 1. The third kappa shape index (κ3) is 2.28. The van der Waals surface area contributed by atoms with Crippen LogP contribution in [0.1, 0.15) is 40.7 Å². The van der Waals surface area contributed by atoms with Crippen molar-refractivity contribution in [1.29, 1.82) is 0 Å². The molecule has 0 radical (unpaired) electrons. The maximum atomic E-state index is 13.3. The molecule has 0 aromatic heterocycles. The quantitative estimate of drug-likeness (QED) is 0.919. The Morgan fingerprint density at radius 2 is 2.12 bits per heavy atom. The Bertz CT molecular complexity index is 862. The van der Waals surface area contributed by atoms with Crippen LogP contribution in [-0.2, 0) is 11.2 Å². The fraction of sp³-hybridized carbons (Fsp3) is 0.263. The van der Waals surface area contributed by atoms with Gasteiger partial charge < -0.3 is 10.2 Å². The van der Waals surface area contributed by atoms with Crippen LogP contribution in [0.25, 0.3) is 0 Å². The van der Waals surface area contributed by atoms with E-state index in [1.165, 1.54) is 18.2 Å². The second-order valence-electron chi connectivity index (χ2n) is 6.35. The molecular weight excluding hydrogens is 307 g/mol. The van der Waals surface area contributed by atoms with E-state index >= 15 is 0 Å². The summed E-state index contributed by atoms with van der Waals surface area (Å²) in [6.07, 6.45) is 1.81. The SMILES string of the molecule is C[C@@H]1C(=O)N2CCCc3cc(NC(=O)c4cccc(F)c4)cc1c32. The first-order valence-corrected chi connectivity index (χ1v) is 8.09. The number of carbonyl (C=O) groups is 2. The molecule has 0 saturated carbocycles. The van der Waals surface area contributed by atoms with Crippen molar-refractivity contribution in [3.8, 4) is 0 Å². The number of amides is 2. The molecule has 122 valence electrons. The molecule has 2 heterocycles. The summed E-state index contributed by atoms with van der Waals surface area (Å²) in [7, 11) is 0. The zero-order valence-electron chi connectivity index (χ0n) is 13.3. The zero-order chi connectivity index (χ0) is 16.8. The van der Waals surface area contributed by atoms with Crippen molar-refractivity contribution in [2.75, 3.05) is 16.8 Å². The lowest BCUT2D eigenvalue weighted by molar-refractivity contribution is -0.119. The largest absolute Gasteiger partial charge is 0.322 e. The van der Waals surface area contributed by atoms with Crippen molar-refractivity contribution in [2.24, 2.45) is 0 Å². The van der Waals surface area contributed by atoms with Gasteiger partial charge in [0.1, 0.15) is 5.82 Å². The molecule has 5 heteroatoms. The number of hydrogen-bond acceptors (Lipinski definition) is 2. The number of aryl methyl sites for hydroxylation is 1. The number of carbonyl (C=O) groups excluding carboxylic acids is 2. The van der Waals surface area contributed by atoms with E-state index in [-0.39, 0.29) is 23.3 Å².